The highest BCUT2D eigenvalue weighted by molar-refractivity contribution is 7.99. The second-order valence-electron chi connectivity index (χ2n) is 14.2. The molecule has 1 unspecified atom stereocenters. The van der Waals surface area contributed by atoms with Gasteiger partial charge in [-0.15, -0.1) is 11.8 Å². The third-order valence-corrected chi connectivity index (χ3v) is 12.9. The molecule has 0 aliphatic carbocycles. The standard InChI is InChI=1S/C39H44ClN8O5PS/c1-53-33-21-26(8-11-30(33)44-39-42-22-29(40)36(46-39)43-31-6-4-5-7-34(31)54(2,3)52)47-17-14-25(15-18-47)41-16-19-55-27-9-10-28-24(20-27)23-48(38(28)51)32-12-13-35(49)45-37(32)50/h4-11,20-22,25,32,41H,12-19,23H2,1-3H3,(H,45,49,50)(H2,42,43,44,46). The second kappa shape index (κ2) is 16.6. The van der Waals surface area contributed by atoms with Gasteiger partial charge in [-0.25, -0.2) is 4.98 Å². The Bertz CT molecular complexity index is 2160. The number of ether oxygens (including phenoxy) is 1. The topological polar surface area (TPSA) is 158 Å². The Morgan fingerprint density at radius 1 is 1.00 bits per heavy atom. The first-order valence-corrected chi connectivity index (χ1v) is 22.2. The van der Waals surface area contributed by atoms with Crippen molar-refractivity contribution in [3.63, 3.8) is 0 Å². The lowest BCUT2D eigenvalue weighted by atomic mass is 10.0. The van der Waals surface area contributed by atoms with Crippen molar-refractivity contribution in [2.45, 2.75) is 49.2 Å². The first-order valence-electron chi connectivity index (χ1n) is 18.2. The average molecular weight is 803 g/mol. The summed E-state index contributed by atoms with van der Waals surface area (Å²) in [5, 5.41) is 13.6. The molecule has 2 saturated heterocycles. The predicted molar refractivity (Wildman–Crippen MR) is 219 cm³/mol. The molecule has 0 radical (unpaired) electrons. The molecule has 4 N–H and O–H groups in total. The van der Waals surface area contributed by atoms with E-state index in [0.29, 0.717) is 63.8 Å². The predicted octanol–water partition coefficient (Wildman–Crippen LogP) is 5.99. The molecule has 4 heterocycles. The third-order valence-electron chi connectivity index (χ3n) is 10.1. The van der Waals surface area contributed by atoms with Gasteiger partial charge in [0.15, 0.2) is 5.82 Å². The first kappa shape index (κ1) is 38.6. The van der Waals surface area contributed by atoms with E-state index in [4.69, 9.17) is 16.3 Å². The summed E-state index contributed by atoms with van der Waals surface area (Å²) < 4.78 is 18.6. The Morgan fingerprint density at radius 3 is 2.56 bits per heavy atom. The third kappa shape index (κ3) is 8.94. The van der Waals surface area contributed by atoms with Crippen LogP contribution in [0.25, 0.3) is 0 Å². The van der Waals surface area contributed by atoms with Crippen LogP contribution in [0.3, 0.4) is 0 Å². The van der Waals surface area contributed by atoms with Crippen molar-refractivity contribution in [2.24, 2.45) is 0 Å². The summed E-state index contributed by atoms with van der Waals surface area (Å²) in [5.74, 6) is 1.44. The molecule has 3 amide bonds. The molecule has 4 aromatic rings. The number of para-hydroxylation sites is 1. The zero-order valence-corrected chi connectivity index (χ0v) is 33.4. The number of fused-ring (bicyclic) bond motifs is 1. The number of methoxy groups -OCH3 is 1. The summed E-state index contributed by atoms with van der Waals surface area (Å²) in [7, 11) is -0.910. The van der Waals surface area contributed by atoms with Crippen molar-refractivity contribution in [2.75, 3.05) is 61.4 Å². The lowest BCUT2D eigenvalue weighted by Crippen LogP contribution is -2.52. The van der Waals surface area contributed by atoms with Crippen LogP contribution in [0.2, 0.25) is 5.02 Å². The quantitative estimate of drug-likeness (QED) is 0.0543. The first-order chi connectivity index (χ1) is 26.5. The number of nitrogens with zero attached hydrogens (tertiary/aromatic N) is 4. The van der Waals surface area contributed by atoms with E-state index >= 15 is 0 Å². The van der Waals surface area contributed by atoms with E-state index in [1.54, 1.807) is 37.1 Å². The zero-order valence-electron chi connectivity index (χ0n) is 30.9. The van der Waals surface area contributed by atoms with Gasteiger partial charge in [0.2, 0.25) is 17.8 Å². The van der Waals surface area contributed by atoms with Crippen molar-refractivity contribution in [3.05, 3.63) is 83.0 Å². The molecule has 0 saturated carbocycles. The Labute approximate surface area is 329 Å². The van der Waals surface area contributed by atoms with Crippen LogP contribution < -0.4 is 36.2 Å². The summed E-state index contributed by atoms with van der Waals surface area (Å²) in [5.41, 5.74) is 4.01. The van der Waals surface area contributed by atoms with Crippen LogP contribution in [0, 0.1) is 0 Å². The Morgan fingerprint density at radius 2 is 1.80 bits per heavy atom. The second-order valence-corrected chi connectivity index (χ2v) is 18.9. The Kier molecular flexibility index (Phi) is 11.7. The number of hydrogen-bond donors (Lipinski definition) is 4. The summed E-state index contributed by atoms with van der Waals surface area (Å²) in [6, 6.07) is 19.2. The molecule has 0 spiro atoms. The van der Waals surface area contributed by atoms with Gasteiger partial charge in [0.05, 0.1) is 24.7 Å². The molecule has 3 aliphatic heterocycles. The molecule has 55 heavy (non-hydrogen) atoms. The Balaban J connectivity index is 0.885. The van der Waals surface area contributed by atoms with Gasteiger partial charge in [-0.3, -0.25) is 19.7 Å². The summed E-state index contributed by atoms with van der Waals surface area (Å²) in [6.45, 7) is 6.50. The molecular weight excluding hydrogens is 759 g/mol. The molecule has 1 atom stereocenters. The molecule has 0 bridgehead atoms. The maximum absolute atomic E-state index is 13.0. The highest BCUT2D eigenvalue weighted by atomic mass is 35.5. The number of thioether (sulfide) groups is 1. The van der Waals surface area contributed by atoms with E-state index in [2.05, 4.69) is 42.2 Å². The van der Waals surface area contributed by atoms with E-state index in [9.17, 15) is 18.9 Å². The number of rotatable bonds is 13. The van der Waals surface area contributed by atoms with Crippen LogP contribution in [0.1, 0.15) is 41.6 Å². The zero-order chi connectivity index (χ0) is 38.7. The van der Waals surface area contributed by atoms with Crippen LogP contribution in [0.15, 0.2) is 71.8 Å². The normalized spacial score (nSPS) is 17.6. The number of amides is 3. The van der Waals surface area contributed by atoms with Crippen LogP contribution >= 0.6 is 30.5 Å². The number of benzene rings is 3. The van der Waals surface area contributed by atoms with Gasteiger partial charge in [-0.1, -0.05) is 23.7 Å². The number of carbonyl (C=O) groups excluding carboxylic acids is 3. The molecule has 288 valence electrons. The highest BCUT2D eigenvalue weighted by Gasteiger charge is 2.39. The molecule has 7 rings (SSSR count). The van der Waals surface area contributed by atoms with E-state index in [-0.39, 0.29) is 18.2 Å². The van der Waals surface area contributed by atoms with Gasteiger partial charge < -0.3 is 35.1 Å². The number of carbonyl (C=O) groups is 3. The molecular formula is C39H44ClN8O5PS. The fourth-order valence-corrected chi connectivity index (χ4v) is 9.35. The van der Waals surface area contributed by atoms with Gasteiger partial charge >= 0.3 is 0 Å². The smallest absolute Gasteiger partial charge is 0.255 e. The summed E-state index contributed by atoms with van der Waals surface area (Å²) in [4.78, 5) is 51.0. The Hall–Kier alpha value is -4.62. The fraction of sp³-hybridized carbons (Fsp3) is 0.359. The SMILES string of the molecule is COc1cc(N2CCC(NCCSc3ccc4c(c3)CN(C3CCC(=O)NC3=O)C4=O)CC2)ccc1Nc1ncc(Cl)c(Nc2ccccc2P(C)(C)=O)n1. The van der Waals surface area contributed by atoms with Crippen LogP contribution in [0.5, 0.6) is 5.75 Å². The van der Waals surface area contributed by atoms with Gasteiger partial charge in [0.1, 0.15) is 24.0 Å². The summed E-state index contributed by atoms with van der Waals surface area (Å²) >= 11 is 8.20. The van der Waals surface area contributed by atoms with Gasteiger partial charge in [-0.2, -0.15) is 4.98 Å². The van der Waals surface area contributed by atoms with Crippen molar-refractivity contribution in [1.29, 1.82) is 0 Å². The van der Waals surface area contributed by atoms with Gasteiger partial charge in [0.25, 0.3) is 5.91 Å². The number of imide groups is 1. The molecule has 3 aliphatic rings. The monoisotopic (exact) mass is 802 g/mol. The minimum atomic E-state index is -2.55. The summed E-state index contributed by atoms with van der Waals surface area (Å²) in [6.07, 6.45) is 4.14. The number of piperidine rings is 2. The van der Waals surface area contributed by atoms with E-state index in [0.717, 1.165) is 54.4 Å². The molecule has 13 nitrogen and oxygen atoms in total. The van der Waals surface area contributed by atoms with Crippen molar-refractivity contribution in [1.82, 2.24) is 25.5 Å². The van der Waals surface area contributed by atoms with Gasteiger partial charge in [-0.05, 0) is 80.6 Å². The van der Waals surface area contributed by atoms with Crippen molar-refractivity contribution in [3.8, 4) is 5.75 Å². The fourth-order valence-electron chi connectivity index (χ4n) is 7.21. The van der Waals surface area contributed by atoms with Crippen molar-refractivity contribution >= 4 is 82.4 Å². The minimum Gasteiger partial charge on any atom is -0.494 e. The number of nitrogens with one attached hydrogen (secondary N) is 4. The maximum atomic E-state index is 13.0. The highest BCUT2D eigenvalue weighted by Crippen LogP contribution is 2.39. The number of hydrogen-bond acceptors (Lipinski definition) is 12. The largest absolute Gasteiger partial charge is 0.494 e. The molecule has 16 heteroatoms. The lowest BCUT2D eigenvalue weighted by molar-refractivity contribution is -0.136. The van der Waals surface area contributed by atoms with E-state index in [1.807, 2.05) is 54.6 Å². The van der Waals surface area contributed by atoms with E-state index < -0.39 is 19.1 Å². The van der Waals surface area contributed by atoms with Crippen LogP contribution in [0.4, 0.5) is 28.8 Å². The number of anilines is 5. The van der Waals surface area contributed by atoms with Crippen molar-refractivity contribution < 1.29 is 23.7 Å². The number of halogens is 1. The molecule has 2 fully saturated rings. The maximum Gasteiger partial charge on any atom is 0.255 e. The van der Waals surface area contributed by atoms with E-state index in [1.165, 1.54) is 6.20 Å². The van der Waals surface area contributed by atoms with Gasteiger partial charge in [0, 0.05) is 71.9 Å². The lowest BCUT2D eigenvalue weighted by Gasteiger charge is -2.34. The molecule has 3 aromatic carbocycles. The number of aromatic nitrogens is 2. The van der Waals surface area contributed by atoms with Crippen LogP contribution in [-0.2, 0) is 20.7 Å². The average Bonchev–Trinajstić information content (AvgIpc) is 3.49. The molecule has 1 aromatic heterocycles. The van der Waals surface area contributed by atoms with Crippen LogP contribution in [-0.4, -0.2) is 90.5 Å². The minimum absolute atomic E-state index is 0.152.